The highest BCUT2D eigenvalue weighted by Gasteiger charge is 2.20. The third-order valence-electron chi connectivity index (χ3n) is 3.29. The number of hydrogen-bond acceptors (Lipinski definition) is 3. The number of aryl methyl sites for hydroxylation is 2. The van der Waals surface area contributed by atoms with Gasteiger partial charge in [0.2, 0.25) is 0 Å². The molecular formula is C14H14N2O4. The number of nitro groups is 1. The minimum atomic E-state index is -0.899. The molecule has 0 bridgehead atoms. The van der Waals surface area contributed by atoms with E-state index in [1.165, 1.54) is 6.07 Å². The van der Waals surface area contributed by atoms with Gasteiger partial charge in [0, 0.05) is 23.6 Å². The van der Waals surface area contributed by atoms with Crippen LogP contribution in [0.4, 0.5) is 5.69 Å². The second kappa shape index (κ2) is 5.16. The summed E-state index contributed by atoms with van der Waals surface area (Å²) in [6.45, 7) is 5.49. The van der Waals surface area contributed by atoms with Gasteiger partial charge in [-0.1, -0.05) is 12.7 Å². The van der Waals surface area contributed by atoms with Gasteiger partial charge in [-0.25, -0.2) is 0 Å². The number of aliphatic carboxylic acids is 1. The van der Waals surface area contributed by atoms with Crippen LogP contribution in [0.25, 0.3) is 17.0 Å². The van der Waals surface area contributed by atoms with Gasteiger partial charge in [0.15, 0.2) is 0 Å². The summed E-state index contributed by atoms with van der Waals surface area (Å²) in [7, 11) is 0. The molecule has 1 aromatic carbocycles. The molecule has 0 spiro atoms. The van der Waals surface area contributed by atoms with E-state index in [1.54, 1.807) is 19.1 Å². The molecule has 0 fully saturated rings. The molecule has 2 N–H and O–H groups in total. The Balaban J connectivity index is 2.71. The molecule has 0 saturated carbocycles. The van der Waals surface area contributed by atoms with Crippen LogP contribution in [0, 0.1) is 17.0 Å². The van der Waals surface area contributed by atoms with Crippen molar-refractivity contribution in [3.63, 3.8) is 0 Å². The SMILES string of the molecule is C=Cc1ccc([N+](=O)[O-])c2[nH]c(C)c(CCC(=O)O)c12. The number of carboxylic acids is 1. The second-order valence-corrected chi connectivity index (χ2v) is 4.51. The number of aromatic amines is 1. The number of rotatable bonds is 5. The lowest BCUT2D eigenvalue weighted by Gasteiger charge is -2.03. The van der Waals surface area contributed by atoms with Crippen LogP contribution >= 0.6 is 0 Å². The minimum absolute atomic E-state index is 0.0183. The normalized spacial score (nSPS) is 10.7. The van der Waals surface area contributed by atoms with Crippen molar-refractivity contribution in [3.05, 3.63) is 45.6 Å². The fourth-order valence-corrected chi connectivity index (χ4v) is 2.38. The van der Waals surface area contributed by atoms with Crippen LogP contribution in [0.1, 0.15) is 23.2 Å². The summed E-state index contributed by atoms with van der Waals surface area (Å²) in [4.78, 5) is 24.3. The van der Waals surface area contributed by atoms with Crippen LogP contribution < -0.4 is 0 Å². The summed E-state index contributed by atoms with van der Waals surface area (Å²) in [6, 6.07) is 3.06. The molecule has 0 aliphatic heterocycles. The Kier molecular flexibility index (Phi) is 3.56. The number of fused-ring (bicyclic) bond motifs is 1. The summed E-state index contributed by atoms with van der Waals surface area (Å²) in [5.41, 5.74) is 2.70. The van der Waals surface area contributed by atoms with Gasteiger partial charge in [-0.2, -0.15) is 0 Å². The van der Waals surface area contributed by atoms with Crippen molar-refractivity contribution >= 4 is 28.6 Å². The van der Waals surface area contributed by atoms with Crippen molar-refractivity contribution in [3.8, 4) is 0 Å². The van der Waals surface area contributed by atoms with Crippen LogP contribution in [0.15, 0.2) is 18.7 Å². The molecule has 0 saturated heterocycles. The van der Waals surface area contributed by atoms with E-state index in [0.717, 1.165) is 16.8 Å². The number of nitrogens with zero attached hydrogens (tertiary/aromatic N) is 1. The highest BCUT2D eigenvalue weighted by molar-refractivity contribution is 5.98. The topological polar surface area (TPSA) is 96.2 Å². The first-order chi connectivity index (χ1) is 9.45. The van der Waals surface area contributed by atoms with Crippen molar-refractivity contribution in [1.29, 1.82) is 0 Å². The Bertz CT molecular complexity index is 716. The average Bonchev–Trinajstić information content (AvgIpc) is 2.71. The van der Waals surface area contributed by atoms with E-state index in [1.807, 2.05) is 0 Å². The molecule has 6 nitrogen and oxygen atoms in total. The third-order valence-corrected chi connectivity index (χ3v) is 3.29. The number of hydrogen-bond donors (Lipinski definition) is 2. The lowest BCUT2D eigenvalue weighted by Crippen LogP contribution is -1.98. The number of aromatic nitrogens is 1. The summed E-state index contributed by atoms with van der Waals surface area (Å²) in [6.07, 6.45) is 1.92. The maximum Gasteiger partial charge on any atom is 0.303 e. The Morgan fingerprint density at radius 2 is 2.25 bits per heavy atom. The van der Waals surface area contributed by atoms with Gasteiger partial charge in [-0.05, 0) is 30.5 Å². The van der Waals surface area contributed by atoms with E-state index in [2.05, 4.69) is 11.6 Å². The quantitative estimate of drug-likeness (QED) is 0.647. The van der Waals surface area contributed by atoms with Crippen LogP contribution in [-0.2, 0) is 11.2 Å². The van der Waals surface area contributed by atoms with Crippen LogP contribution in [0.2, 0.25) is 0 Å². The molecule has 1 aromatic heterocycles. The number of carbonyl (C=O) groups is 1. The van der Waals surface area contributed by atoms with Crippen molar-refractivity contribution in [2.24, 2.45) is 0 Å². The van der Waals surface area contributed by atoms with Gasteiger partial charge in [-0.3, -0.25) is 14.9 Å². The van der Waals surface area contributed by atoms with Crippen LogP contribution in [0.5, 0.6) is 0 Å². The smallest absolute Gasteiger partial charge is 0.303 e. The van der Waals surface area contributed by atoms with E-state index in [9.17, 15) is 14.9 Å². The number of benzene rings is 1. The average molecular weight is 274 g/mol. The summed E-state index contributed by atoms with van der Waals surface area (Å²) in [5, 5.41) is 20.6. The predicted molar refractivity (Wildman–Crippen MR) is 75.7 cm³/mol. The fourth-order valence-electron chi connectivity index (χ4n) is 2.38. The van der Waals surface area contributed by atoms with E-state index in [0.29, 0.717) is 17.3 Å². The molecule has 0 amide bonds. The number of non-ortho nitro benzene ring substituents is 1. The molecule has 0 unspecified atom stereocenters. The summed E-state index contributed by atoms with van der Waals surface area (Å²) >= 11 is 0. The Labute approximate surface area is 114 Å². The Morgan fingerprint density at radius 3 is 2.80 bits per heavy atom. The van der Waals surface area contributed by atoms with Gasteiger partial charge in [0.05, 0.1) is 4.92 Å². The zero-order valence-electron chi connectivity index (χ0n) is 11.0. The Morgan fingerprint density at radius 1 is 1.55 bits per heavy atom. The molecule has 1 heterocycles. The molecule has 0 aliphatic carbocycles. The molecule has 0 radical (unpaired) electrons. The first-order valence-corrected chi connectivity index (χ1v) is 6.08. The van der Waals surface area contributed by atoms with Gasteiger partial charge in [0.1, 0.15) is 5.52 Å². The lowest BCUT2D eigenvalue weighted by molar-refractivity contribution is -0.383. The minimum Gasteiger partial charge on any atom is -0.481 e. The first kappa shape index (κ1) is 13.8. The van der Waals surface area contributed by atoms with Gasteiger partial charge < -0.3 is 10.1 Å². The van der Waals surface area contributed by atoms with Crippen molar-refractivity contribution in [2.75, 3.05) is 0 Å². The van der Waals surface area contributed by atoms with Crippen molar-refractivity contribution in [2.45, 2.75) is 19.8 Å². The molecule has 0 aliphatic rings. The van der Waals surface area contributed by atoms with Crippen molar-refractivity contribution in [1.82, 2.24) is 4.98 Å². The van der Waals surface area contributed by atoms with E-state index in [4.69, 9.17) is 5.11 Å². The zero-order chi connectivity index (χ0) is 14.9. The summed E-state index contributed by atoms with van der Waals surface area (Å²) < 4.78 is 0. The van der Waals surface area contributed by atoms with Crippen molar-refractivity contribution < 1.29 is 14.8 Å². The maximum absolute atomic E-state index is 11.1. The number of carboxylic acid groups (broad SMARTS) is 1. The molecule has 2 rings (SSSR count). The van der Waals surface area contributed by atoms with Gasteiger partial charge in [-0.15, -0.1) is 0 Å². The highest BCUT2D eigenvalue weighted by atomic mass is 16.6. The maximum atomic E-state index is 11.1. The molecule has 6 heteroatoms. The molecular weight excluding hydrogens is 260 g/mol. The standard InChI is InChI=1S/C14H14N2O4/c1-3-9-4-6-11(16(19)20)14-13(9)10(8(2)15-14)5-7-12(17)18/h3-4,6,15H,1,5,7H2,2H3,(H,17,18). The molecule has 20 heavy (non-hydrogen) atoms. The molecule has 2 aromatic rings. The van der Waals surface area contributed by atoms with E-state index in [-0.39, 0.29) is 12.1 Å². The Hall–Kier alpha value is -2.63. The third kappa shape index (κ3) is 2.27. The number of nitrogens with one attached hydrogen (secondary N) is 1. The fraction of sp³-hybridized carbons (Fsp3) is 0.214. The van der Waals surface area contributed by atoms with Gasteiger partial charge >= 0.3 is 5.97 Å². The first-order valence-electron chi connectivity index (χ1n) is 6.08. The predicted octanol–water partition coefficient (Wildman–Crippen LogP) is 3.04. The highest BCUT2D eigenvalue weighted by Crippen LogP contribution is 2.33. The van der Waals surface area contributed by atoms with E-state index < -0.39 is 10.9 Å². The lowest BCUT2D eigenvalue weighted by atomic mass is 10.0. The van der Waals surface area contributed by atoms with Crippen LogP contribution in [-0.4, -0.2) is 21.0 Å². The molecule has 104 valence electrons. The van der Waals surface area contributed by atoms with E-state index >= 15 is 0 Å². The largest absolute Gasteiger partial charge is 0.481 e. The zero-order valence-corrected chi connectivity index (χ0v) is 11.0. The van der Waals surface area contributed by atoms with Gasteiger partial charge in [0.25, 0.3) is 5.69 Å². The number of nitro benzene ring substituents is 1. The van der Waals surface area contributed by atoms with Crippen LogP contribution in [0.3, 0.4) is 0 Å². The monoisotopic (exact) mass is 274 g/mol. The second-order valence-electron chi connectivity index (χ2n) is 4.51. The number of H-pyrrole nitrogens is 1. The summed E-state index contributed by atoms with van der Waals surface area (Å²) in [5.74, 6) is -0.899. The molecule has 0 atom stereocenters.